The molecule has 2 saturated heterocycles. The van der Waals surface area contributed by atoms with Crippen LogP contribution in [0.15, 0.2) is 12.1 Å². The molecular formula is C20H29N3O4. The van der Waals surface area contributed by atoms with E-state index in [4.69, 9.17) is 14.2 Å². The quantitative estimate of drug-likeness (QED) is 0.783. The van der Waals surface area contributed by atoms with Crippen molar-refractivity contribution in [2.24, 2.45) is 0 Å². The molecule has 0 bridgehead atoms. The van der Waals surface area contributed by atoms with Gasteiger partial charge in [-0.25, -0.2) is 0 Å². The molecule has 7 heteroatoms. The molecule has 1 amide bonds. The van der Waals surface area contributed by atoms with E-state index in [1.807, 2.05) is 24.8 Å². The van der Waals surface area contributed by atoms with Crippen molar-refractivity contribution in [3.05, 3.63) is 17.7 Å². The van der Waals surface area contributed by atoms with E-state index >= 15 is 0 Å². The Morgan fingerprint density at radius 2 is 1.74 bits per heavy atom. The van der Waals surface area contributed by atoms with E-state index in [1.54, 1.807) is 0 Å². The minimum absolute atomic E-state index is 0.0265. The molecule has 1 aromatic rings. The summed E-state index contributed by atoms with van der Waals surface area (Å²) in [4.78, 5) is 19.8. The maximum absolute atomic E-state index is 13.4. The first-order valence-electron chi connectivity index (χ1n) is 9.82. The number of amides is 1. The van der Waals surface area contributed by atoms with Gasteiger partial charge in [0.05, 0.1) is 43.2 Å². The van der Waals surface area contributed by atoms with Gasteiger partial charge in [0.15, 0.2) is 5.75 Å². The maximum atomic E-state index is 13.4. The predicted molar refractivity (Wildman–Crippen MR) is 104 cm³/mol. The van der Waals surface area contributed by atoms with Crippen molar-refractivity contribution < 1.29 is 19.0 Å². The number of nitrogens with zero attached hydrogens (tertiary/aromatic N) is 3. The van der Waals surface area contributed by atoms with Crippen LogP contribution in [-0.2, 0) is 9.47 Å². The van der Waals surface area contributed by atoms with E-state index in [2.05, 4.69) is 22.9 Å². The number of likely N-dealkylation sites (N-methyl/N-ethyl adjacent to an activating group) is 1. The minimum atomic E-state index is 0.0265. The summed E-state index contributed by atoms with van der Waals surface area (Å²) in [6.07, 6.45) is 0.0825. The normalized spacial score (nSPS) is 25.8. The van der Waals surface area contributed by atoms with E-state index < -0.39 is 0 Å². The molecule has 148 valence electrons. The highest BCUT2D eigenvalue weighted by Gasteiger charge is 2.31. The van der Waals surface area contributed by atoms with Crippen molar-refractivity contribution in [1.29, 1.82) is 0 Å². The fourth-order valence-corrected chi connectivity index (χ4v) is 4.12. The molecule has 27 heavy (non-hydrogen) atoms. The summed E-state index contributed by atoms with van der Waals surface area (Å²) in [7, 11) is 2.05. The molecule has 7 nitrogen and oxygen atoms in total. The summed E-state index contributed by atoms with van der Waals surface area (Å²) in [5.74, 6) is 0.733. The molecule has 3 heterocycles. The molecule has 2 fully saturated rings. The van der Waals surface area contributed by atoms with E-state index in [0.29, 0.717) is 44.2 Å². The average Bonchev–Trinajstić information content (AvgIpc) is 2.67. The van der Waals surface area contributed by atoms with E-state index in [0.717, 1.165) is 31.0 Å². The van der Waals surface area contributed by atoms with Crippen molar-refractivity contribution >= 4 is 17.3 Å². The lowest BCUT2D eigenvalue weighted by Crippen LogP contribution is -2.48. The van der Waals surface area contributed by atoms with Crippen LogP contribution in [0.2, 0.25) is 0 Å². The van der Waals surface area contributed by atoms with Crippen molar-refractivity contribution in [3.8, 4) is 5.75 Å². The van der Waals surface area contributed by atoms with Crippen LogP contribution >= 0.6 is 0 Å². The Hall–Kier alpha value is -1.99. The first-order chi connectivity index (χ1) is 13.0. The van der Waals surface area contributed by atoms with Gasteiger partial charge in [-0.1, -0.05) is 0 Å². The Balaban J connectivity index is 1.71. The standard InChI is InChI=1S/C20H29N3O4/c1-14-12-23(13-15(2)27-14)20(24)17-10-16(22-5-7-25-8-6-22)11-18-19(17)26-9-4-21(18)3/h10-11,14-15H,4-9,12-13H2,1-3H3/t14-,15+. The second kappa shape index (κ2) is 7.56. The summed E-state index contributed by atoms with van der Waals surface area (Å²) >= 11 is 0. The molecule has 0 aliphatic carbocycles. The number of hydrogen-bond donors (Lipinski definition) is 0. The van der Waals surface area contributed by atoms with Gasteiger partial charge in [0.1, 0.15) is 6.61 Å². The molecule has 0 aromatic heterocycles. The van der Waals surface area contributed by atoms with Crippen LogP contribution in [0, 0.1) is 0 Å². The van der Waals surface area contributed by atoms with E-state index in [1.165, 1.54) is 0 Å². The highest BCUT2D eigenvalue weighted by Crippen LogP contribution is 2.39. The summed E-state index contributed by atoms with van der Waals surface area (Å²) in [6.45, 7) is 9.75. The summed E-state index contributed by atoms with van der Waals surface area (Å²) < 4.78 is 17.3. The number of anilines is 2. The zero-order chi connectivity index (χ0) is 19.0. The van der Waals surface area contributed by atoms with Crippen LogP contribution in [0.3, 0.4) is 0 Å². The van der Waals surface area contributed by atoms with Crippen molar-refractivity contribution in [2.45, 2.75) is 26.1 Å². The number of benzene rings is 1. The number of hydrogen-bond acceptors (Lipinski definition) is 6. The first-order valence-corrected chi connectivity index (χ1v) is 9.82. The lowest BCUT2D eigenvalue weighted by Gasteiger charge is -2.37. The second-order valence-electron chi connectivity index (χ2n) is 7.68. The zero-order valence-corrected chi connectivity index (χ0v) is 16.4. The van der Waals surface area contributed by atoms with Gasteiger partial charge in [-0.3, -0.25) is 4.79 Å². The summed E-state index contributed by atoms with van der Waals surface area (Å²) in [5.41, 5.74) is 2.71. The molecule has 3 aliphatic rings. The Morgan fingerprint density at radius 1 is 1.04 bits per heavy atom. The van der Waals surface area contributed by atoms with Gasteiger partial charge in [0, 0.05) is 38.9 Å². The molecule has 2 atom stereocenters. The van der Waals surface area contributed by atoms with Crippen LogP contribution < -0.4 is 14.5 Å². The molecular weight excluding hydrogens is 346 g/mol. The number of rotatable bonds is 2. The average molecular weight is 375 g/mol. The lowest BCUT2D eigenvalue weighted by molar-refractivity contribution is -0.0586. The third-order valence-corrected chi connectivity index (χ3v) is 5.45. The topological polar surface area (TPSA) is 54.5 Å². The molecule has 0 saturated carbocycles. The van der Waals surface area contributed by atoms with Gasteiger partial charge < -0.3 is 28.9 Å². The summed E-state index contributed by atoms with van der Waals surface area (Å²) in [6, 6.07) is 4.14. The summed E-state index contributed by atoms with van der Waals surface area (Å²) in [5, 5.41) is 0. The number of morpholine rings is 2. The fourth-order valence-electron chi connectivity index (χ4n) is 4.12. The first kappa shape index (κ1) is 18.4. The SMILES string of the molecule is C[C@@H]1CN(C(=O)c2cc(N3CCOCC3)cc3c2OCCN3C)C[C@H](C)O1. The zero-order valence-electron chi connectivity index (χ0n) is 16.4. The highest BCUT2D eigenvalue weighted by molar-refractivity contribution is 6.00. The molecule has 3 aliphatic heterocycles. The maximum Gasteiger partial charge on any atom is 0.257 e. The highest BCUT2D eigenvalue weighted by atomic mass is 16.5. The Labute approximate surface area is 160 Å². The third kappa shape index (κ3) is 3.71. The van der Waals surface area contributed by atoms with Crippen LogP contribution in [0.1, 0.15) is 24.2 Å². The Bertz CT molecular complexity index is 695. The number of carbonyl (C=O) groups is 1. The Kier molecular flexibility index (Phi) is 5.14. The smallest absolute Gasteiger partial charge is 0.257 e. The second-order valence-corrected chi connectivity index (χ2v) is 7.68. The van der Waals surface area contributed by atoms with Gasteiger partial charge in [-0.2, -0.15) is 0 Å². The van der Waals surface area contributed by atoms with Crippen LogP contribution in [0.25, 0.3) is 0 Å². The van der Waals surface area contributed by atoms with Crippen molar-refractivity contribution in [3.63, 3.8) is 0 Å². The number of fused-ring (bicyclic) bond motifs is 1. The van der Waals surface area contributed by atoms with Crippen molar-refractivity contribution in [1.82, 2.24) is 4.90 Å². The molecule has 0 unspecified atom stereocenters. The van der Waals surface area contributed by atoms with Crippen LogP contribution in [0.4, 0.5) is 11.4 Å². The van der Waals surface area contributed by atoms with E-state index in [-0.39, 0.29) is 18.1 Å². The third-order valence-electron chi connectivity index (χ3n) is 5.45. The molecule has 0 spiro atoms. The Morgan fingerprint density at radius 3 is 2.44 bits per heavy atom. The van der Waals surface area contributed by atoms with Gasteiger partial charge >= 0.3 is 0 Å². The van der Waals surface area contributed by atoms with Gasteiger partial charge in [-0.15, -0.1) is 0 Å². The van der Waals surface area contributed by atoms with E-state index in [9.17, 15) is 4.79 Å². The molecule has 4 rings (SSSR count). The number of ether oxygens (including phenoxy) is 3. The van der Waals surface area contributed by atoms with Gasteiger partial charge in [0.2, 0.25) is 0 Å². The van der Waals surface area contributed by atoms with Gasteiger partial charge in [0.25, 0.3) is 5.91 Å². The molecule has 1 aromatic carbocycles. The molecule has 0 N–H and O–H groups in total. The monoisotopic (exact) mass is 375 g/mol. The van der Waals surface area contributed by atoms with Crippen LogP contribution in [-0.4, -0.2) is 82.6 Å². The van der Waals surface area contributed by atoms with Crippen LogP contribution in [0.5, 0.6) is 5.75 Å². The predicted octanol–water partition coefficient (Wildman–Crippen LogP) is 1.60. The van der Waals surface area contributed by atoms with Crippen molar-refractivity contribution in [2.75, 3.05) is 69.4 Å². The largest absolute Gasteiger partial charge is 0.489 e. The minimum Gasteiger partial charge on any atom is -0.489 e. The number of carbonyl (C=O) groups excluding carboxylic acids is 1. The fraction of sp³-hybridized carbons (Fsp3) is 0.650. The van der Waals surface area contributed by atoms with Gasteiger partial charge in [-0.05, 0) is 26.0 Å². The molecule has 0 radical (unpaired) electrons. The lowest BCUT2D eigenvalue weighted by atomic mass is 10.1.